The largest absolute Gasteiger partial charge is 0.467 e. The topological polar surface area (TPSA) is 67.4 Å². The molecule has 1 aliphatic rings. The first-order valence-electron chi connectivity index (χ1n) is 7.81. The molecule has 5 nitrogen and oxygen atoms in total. The molecule has 0 radical (unpaired) electrons. The third-order valence-electron chi connectivity index (χ3n) is 4.05. The zero-order valence-corrected chi connectivity index (χ0v) is 14.2. The Balaban J connectivity index is 0.00000264. The summed E-state index contributed by atoms with van der Waals surface area (Å²) in [7, 11) is 1.34. The fourth-order valence-corrected chi connectivity index (χ4v) is 2.75. The van der Waals surface area contributed by atoms with E-state index in [4.69, 9.17) is 4.74 Å². The molecule has 1 aromatic carbocycles. The standard InChI is InChI=1S/C17H24N2O3.ClH/c1-22-17(21)15(11-13-5-3-2-4-6-13)19-16(20)8-7-14-9-10-18-12-14;/h2-6,14-15,18H,7-12H2,1H3,(H,19,20);1H. The van der Waals surface area contributed by atoms with Crippen molar-refractivity contribution in [2.45, 2.75) is 31.7 Å². The van der Waals surface area contributed by atoms with Crippen LogP contribution in [0.1, 0.15) is 24.8 Å². The second kappa shape index (κ2) is 10.2. The van der Waals surface area contributed by atoms with Crippen molar-refractivity contribution >= 4 is 24.3 Å². The highest BCUT2D eigenvalue weighted by molar-refractivity contribution is 5.85. The van der Waals surface area contributed by atoms with Crippen LogP contribution >= 0.6 is 12.4 Å². The van der Waals surface area contributed by atoms with Gasteiger partial charge < -0.3 is 15.4 Å². The molecule has 128 valence electrons. The van der Waals surface area contributed by atoms with E-state index in [1.807, 2.05) is 30.3 Å². The Labute approximate surface area is 143 Å². The Bertz CT molecular complexity index is 490. The number of ether oxygens (including phenoxy) is 1. The number of carbonyl (C=O) groups is 2. The van der Waals surface area contributed by atoms with Gasteiger partial charge >= 0.3 is 5.97 Å². The van der Waals surface area contributed by atoms with Crippen LogP contribution in [0.5, 0.6) is 0 Å². The second-order valence-corrected chi connectivity index (χ2v) is 5.73. The number of halogens is 1. The van der Waals surface area contributed by atoms with Crippen molar-refractivity contribution < 1.29 is 14.3 Å². The highest BCUT2D eigenvalue weighted by Crippen LogP contribution is 2.14. The lowest BCUT2D eigenvalue weighted by Gasteiger charge is -2.17. The Hall–Kier alpha value is -1.59. The lowest BCUT2D eigenvalue weighted by atomic mass is 10.0. The first-order chi connectivity index (χ1) is 10.7. The predicted molar refractivity (Wildman–Crippen MR) is 91.6 cm³/mol. The number of carbonyl (C=O) groups excluding carboxylic acids is 2. The molecule has 2 unspecified atom stereocenters. The molecule has 2 rings (SSSR count). The Morgan fingerprint density at radius 3 is 2.70 bits per heavy atom. The molecule has 6 heteroatoms. The van der Waals surface area contributed by atoms with Gasteiger partial charge in [0.1, 0.15) is 6.04 Å². The molecule has 0 bridgehead atoms. The van der Waals surface area contributed by atoms with Crippen molar-refractivity contribution in [3.8, 4) is 0 Å². The summed E-state index contributed by atoms with van der Waals surface area (Å²) < 4.78 is 4.80. The van der Waals surface area contributed by atoms with Gasteiger partial charge in [0, 0.05) is 12.8 Å². The smallest absolute Gasteiger partial charge is 0.328 e. The number of benzene rings is 1. The van der Waals surface area contributed by atoms with Gasteiger partial charge in [-0.15, -0.1) is 12.4 Å². The van der Waals surface area contributed by atoms with Gasteiger partial charge in [-0.2, -0.15) is 0 Å². The lowest BCUT2D eigenvalue weighted by molar-refractivity contribution is -0.145. The maximum absolute atomic E-state index is 12.1. The lowest BCUT2D eigenvalue weighted by Crippen LogP contribution is -2.43. The molecule has 23 heavy (non-hydrogen) atoms. The zero-order valence-electron chi connectivity index (χ0n) is 13.4. The van der Waals surface area contributed by atoms with Gasteiger partial charge in [-0.1, -0.05) is 30.3 Å². The maximum Gasteiger partial charge on any atom is 0.328 e. The van der Waals surface area contributed by atoms with E-state index >= 15 is 0 Å². The van der Waals surface area contributed by atoms with E-state index in [1.54, 1.807) is 0 Å². The van der Waals surface area contributed by atoms with Crippen LogP contribution < -0.4 is 10.6 Å². The summed E-state index contributed by atoms with van der Waals surface area (Å²) in [5, 5.41) is 6.10. The van der Waals surface area contributed by atoms with Crippen LogP contribution in [0.2, 0.25) is 0 Å². The molecule has 0 aromatic heterocycles. The summed E-state index contributed by atoms with van der Waals surface area (Å²) in [6.45, 7) is 2.02. The number of amides is 1. The Morgan fingerprint density at radius 2 is 2.09 bits per heavy atom. The number of hydrogen-bond acceptors (Lipinski definition) is 4. The van der Waals surface area contributed by atoms with E-state index in [-0.39, 0.29) is 18.3 Å². The highest BCUT2D eigenvalue weighted by atomic mass is 35.5. The Kier molecular flexibility index (Phi) is 8.66. The van der Waals surface area contributed by atoms with Gasteiger partial charge in [0.2, 0.25) is 5.91 Å². The number of esters is 1. The first kappa shape index (κ1) is 19.5. The van der Waals surface area contributed by atoms with Crippen LogP contribution in [0.15, 0.2) is 30.3 Å². The average Bonchev–Trinajstić information content (AvgIpc) is 3.06. The zero-order chi connectivity index (χ0) is 15.8. The number of nitrogens with one attached hydrogen (secondary N) is 2. The van der Waals surface area contributed by atoms with Gasteiger partial charge in [0.25, 0.3) is 0 Å². The molecule has 1 aliphatic heterocycles. The fourth-order valence-electron chi connectivity index (χ4n) is 2.75. The van der Waals surface area contributed by atoms with Crippen LogP contribution in [-0.2, 0) is 20.7 Å². The quantitative estimate of drug-likeness (QED) is 0.741. The van der Waals surface area contributed by atoms with Crippen molar-refractivity contribution in [2.75, 3.05) is 20.2 Å². The fraction of sp³-hybridized carbons (Fsp3) is 0.529. The monoisotopic (exact) mass is 340 g/mol. The van der Waals surface area contributed by atoms with Crippen LogP contribution in [0.3, 0.4) is 0 Å². The average molecular weight is 341 g/mol. The molecule has 2 N–H and O–H groups in total. The third kappa shape index (κ3) is 6.59. The normalized spacial score (nSPS) is 17.9. The van der Waals surface area contributed by atoms with Crippen molar-refractivity contribution in [3.05, 3.63) is 35.9 Å². The van der Waals surface area contributed by atoms with Gasteiger partial charge in [0.05, 0.1) is 7.11 Å². The van der Waals surface area contributed by atoms with Crippen molar-refractivity contribution in [1.82, 2.24) is 10.6 Å². The Morgan fingerprint density at radius 1 is 1.35 bits per heavy atom. The van der Waals surface area contributed by atoms with E-state index in [2.05, 4.69) is 10.6 Å². The number of rotatable bonds is 7. The van der Waals surface area contributed by atoms with E-state index in [1.165, 1.54) is 7.11 Å². The number of methoxy groups -OCH3 is 1. The molecule has 1 saturated heterocycles. The molecular weight excluding hydrogens is 316 g/mol. The minimum atomic E-state index is -0.624. The van der Waals surface area contributed by atoms with Gasteiger partial charge in [-0.05, 0) is 37.4 Å². The molecule has 1 fully saturated rings. The van der Waals surface area contributed by atoms with Crippen molar-refractivity contribution in [2.24, 2.45) is 5.92 Å². The molecule has 1 heterocycles. The summed E-state index contributed by atoms with van der Waals surface area (Å²) in [6.07, 6.45) is 2.88. The first-order valence-corrected chi connectivity index (χ1v) is 7.81. The number of hydrogen-bond donors (Lipinski definition) is 2. The van der Waals surface area contributed by atoms with E-state index in [9.17, 15) is 9.59 Å². The SMILES string of the molecule is COC(=O)C(Cc1ccccc1)NC(=O)CCC1CCNC1.Cl. The van der Waals surface area contributed by atoms with Gasteiger partial charge in [-0.25, -0.2) is 4.79 Å². The summed E-state index contributed by atoms with van der Waals surface area (Å²) in [4.78, 5) is 23.9. The highest BCUT2D eigenvalue weighted by Gasteiger charge is 2.23. The molecule has 0 aliphatic carbocycles. The second-order valence-electron chi connectivity index (χ2n) is 5.73. The minimum Gasteiger partial charge on any atom is -0.467 e. The maximum atomic E-state index is 12.1. The van der Waals surface area contributed by atoms with Crippen LogP contribution in [-0.4, -0.2) is 38.1 Å². The van der Waals surface area contributed by atoms with Crippen molar-refractivity contribution in [1.29, 1.82) is 0 Å². The molecular formula is C17H25ClN2O3. The molecule has 1 aromatic rings. The summed E-state index contributed by atoms with van der Waals surface area (Å²) in [5.41, 5.74) is 0.998. The summed E-state index contributed by atoms with van der Waals surface area (Å²) in [6, 6.07) is 9.00. The van der Waals surface area contributed by atoms with E-state index in [0.29, 0.717) is 18.8 Å². The van der Waals surface area contributed by atoms with E-state index < -0.39 is 12.0 Å². The summed E-state index contributed by atoms with van der Waals surface area (Å²) in [5.74, 6) is 0.0782. The van der Waals surface area contributed by atoms with Crippen LogP contribution in [0.25, 0.3) is 0 Å². The third-order valence-corrected chi connectivity index (χ3v) is 4.05. The molecule has 1 amide bonds. The summed E-state index contributed by atoms with van der Waals surface area (Å²) >= 11 is 0. The molecule has 2 atom stereocenters. The van der Waals surface area contributed by atoms with Gasteiger partial charge in [0.15, 0.2) is 0 Å². The van der Waals surface area contributed by atoms with Crippen LogP contribution in [0, 0.1) is 5.92 Å². The minimum absolute atomic E-state index is 0. The van der Waals surface area contributed by atoms with Crippen LogP contribution in [0.4, 0.5) is 0 Å². The van der Waals surface area contributed by atoms with E-state index in [0.717, 1.165) is 31.5 Å². The predicted octanol–water partition coefficient (Wildman–Crippen LogP) is 1.70. The van der Waals surface area contributed by atoms with Crippen molar-refractivity contribution in [3.63, 3.8) is 0 Å². The molecule has 0 saturated carbocycles. The van der Waals surface area contributed by atoms with Gasteiger partial charge in [-0.3, -0.25) is 4.79 Å². The molecule has 0 spiro atoms.